The maximum absolute atomic E-state index is 13.2. The van der Waals surface area contributed by atoms with Gasteiger partial charge in [0, 0.05) is 31.1 Å². The Balaban J connectivity index is 1.55. The van der Waals surface area contributed by atoms with Crippen molar-refractivity contribution < 1.29 is 38.1 Å². The Morgan fingerprint density at radius 3 is 2.15 bits per heavy atom. The van der Waals surface area contributed by atoms with Crippen LogP contribution >= 0.6 is 0 Å². The molecule has 1 heterocycles. The van der Waals surface area contributed by atoms with E-state index in [9.17, 15) is 19.5 Å². The van der Waals surface area contributed by atoms with E-state index in [0.29, 0.717) is 56.1 Å². The number of rotatable bonds is 16. The van der Waals surface area contributed by atoms with Crippen LogP contribution in [0.15, 0.2) is 108 Å². The average molecular weight is 643 g/mol. The number of hydrogen-bond donors (Lipinski definition) is 1. The van der Waals surface area contributed by atoms with Crippen LogP contribution in [0.3, 0.4) is 0 Å². The highest BCUT2D eigenvalue weighted by Gasteiger charge is 2.46. The van der Waals surface area contributed by atoms with Crippen molar-refractivity contribution in [3.05, 3.63) is 120 Å². The summed E-state index contributed by atoms with van der Waals surface area (Å²) in [6.45, 7) is 5.39. The van der Waals surface area contributed by atoms with E-state index in [-0.39, 0.29) is 23.9 Å². The van der Waals surface area contributed by atoms with Crippen LogP contribution in [-0.2, 0) is 25.4 Å². The van der Waals surface area contributed by atoms with E-state index in [1.807, 2.05) is 56.3 Å². The van der Waals surface area contributed by atoms with Gasteiger partial charge in [-0.05, 0) is 82.9 Å². The smallest absolute Gasteiger partial charge is 0.338 e. The molecule has 1 aliphatic carbocycles. The third kappa shape index (κ3) is 11.4. The fourth-order valence-electron chi connectivity index (χ4n) is 5.77. The number of unbranched alkanes of at least 4 members (excludes halogenated alkanes) is 1. The first-order chi connectivity index (χ1) is 22.6. The summed E-state index contributed by atoms with van der Waals surface area (Å²) in [5.74, 6) is -0.938. The van der Waals surface area contributed by atoms with Crippen LogP contribution in [0.1, 0.15) is 85.8 Å². The van der Waals surface area contributed by atoms with Gasteiger partial charge in [0.25, 0.3) is 0 Å². The minimum atomic E-state index is -1.16. The van der Waals surface area contributed by atoms with Gasteiger partial charge in [-0.25, -0.2) is 9.59 Å². The van der Waals surface area contributed by atoms with Crippen LogP contribution in [0.4, 0.5) is 0 Å². The number of esters is 3. The number of allylic oxidation sites excluding steroid dienone is 2. The Labute approximate surface area is 277 Å². The SMILES string of the molecule is CC(C)OC(=O)CCC/C=C\C[C@@H]1[C@@H](/C=C/C(C)(O)CCc2ccco2)[C@H](OC(=O)c2ccccc2)C[C@@H]1OC(=O)c1ccccc1. The molecular formula is C39H46O8. The Morgan fingerprint density at radius 1 is 0.915 bits per heavy atom. The summed E-state index contributed by atoms with van der Waals surface area (Å²) in [6.07, 6.45) is 11.5. The van der Waals surface area contributed by atoms with Crippen molar-refractivity contribution in [3.63, 3.8) is 0 Å². The summed E-state index contributed by atoms with van der Waals surface area (Å²) in [4.78, 5) is 38.4. The number of ether oxygens (including phenoxy) is 3. The molecule has 1 fully saturated rings. The zero-order valence-electron chi connectivity index (χ0n) is 27.5. The van der Waals surface area contributed by atoms with Gasteiger partial charge < -0.3 is 23.7 Å². The first-order valence-electron chi connectivity index (χ1n) is 16.4. The molecule has 0 spiro atoms. The molecule has 250 valence electrons. The van der Waals surface area contributed by atoms with Gasteiger partial charge in [0.2, 0.25) is 0 Å². The number of benzene rings is 2. The predicted molar refractivity (Wildman–Crippen MR) is 179 cm³/mol. The number of aliphatic hydroxyl groups is 1. The van der Waals surface area contributed by atoms with E-state index >= 15 is 0 Å². The monoisotopic (exact) mass is 642 g/mol. The van der Waals surface area contributed by atoms with Gasteiger partial charge in [-0.2, -0.15) is 0 Å². The fraction of sp³-hybridized carbons (Fsp3) is 0.410. The van der Waals surface area contributed by atoms with Crippen molar-refractivity contribution >= 4 is 17.9 Å². The number of carbonyl (C=O) groups excluding carboxylic acids is 3. The molecular weight excluding hydrogens is 596 g/mol. The fourth-order valence-corrected chi connectivity index (χ4v) is 5.77. The van der Waals surface area contributed by atoms with Crippen molar-refractivity contribution in [1.29, 1.82) is 0 Å². The summed E-state index contributed by atoms with van der Waals surface area (Å²) in [5, 5.41) is 11.3. The lowest BCUT2D eigenvalue weighted by Crippen LogP contribution is -2.27. The van der Waals surface area contributed by atoms with Crippen molar-refractivity contribution in [2.45, 2.75) is 89.6 Å². The molecule has 1 unspecified atom stereocenters. The molecule has 1 saturated carbocycles. The van der Waals surface area contributed by atoms with Crippen molar-refractivity contribution in [2.24, 2.45) is 11.8 Å². The molecule has 8 heteroatoms. The summed E-state index contributed by atoms with van der Waals surface area (Å²) >= 11 is 0. The largest absolute Gasteiger partial charge is 0.469 e. The molecule has 1 aliphatic rings. The van der Waals surface area contributed by atoms with Gasteiger partial charge in [-0.1, -0.05) is 60.7 Å². The highest BCUT2D eigenvalue weighted by atomic mass is 16.6. The van der Waals surface area contributed by atoms with E-state index in [2.05, 4.69) is 0 Å². The Morgan fingerprint density at radius 2 is 1.55 bits per heavy atom. The van der Waals surface area contributed by atoms with Crippen LogP contribution < -0.4 is 0 Å². The predicted octanol–water partition coefficient (Wildman–Crippen LogP) is 7.67. The second kappa shape index (κ2) is 17.5. The molecule has 47 heavy (non-hydrogen) atoms. The maximum atomic E-state index is 13.2. The molecule has 0 aliphatic heterocycles. The number of furan rings is 1. The van der Waals surface area contributed by atoms with Crippen LogP contribution in [0.2, 0.25) is 0 Å². The maximum Gasteiger partial charge on any atom is 0.338 e. The molecule has 5 atom stereocenters. The van der Waals surface area contributed by atoms with E-state index in [1.54, 1.807) is 67.8 Å². The third-order valence-electron chi connectivity index (χ3n) is 8.23. The summed E-state index contributed by atoms with van der Waals surface area (Å²) in [5.41, 5.74) is -0.296. The van der Waals surface area contributed by atoms with Gasteiger partial charge in [-0.3, -0.25) is 4.79 Å². The lowest BCUT2D eigenvalue weighted by Gasteiger charge is -2.25. The highest BCUT2D eigenvalue weighted by molar-refractivity contribution is 5.90. The van der Waals surface area contributed by atoms with E-state index in [1.165, 1.54) is 0 Å². The van der Waals surface area contributed by atoms with Crippen molar-refractivity contribution in [3.8, 4) is 0 Å². The molecule has 3 aromatic rings. The summed E-state index contributed by atoms with van der Waals surface area (Å²) in [6, 6.07) is 21.3. The molecule has 0 saturated heterocycles. The second-order valence-electron chi connectivity index (χ2n) is 12.5. The zero-order valence-corrected chi connectivity index (χ0v) is 27.5. The van der Waals surface area contributed by atoms with E-state index in [0.717, 1.165) is 5.76 Å². The van der Waals surface area contributed by atoms with Crippen molar-refractivity contribution in [2.75, 3.05) is 0 Å². The first-order valence-corrected chi connectivity index (χ1v) is 16.4. The quantitative estimate of drug-likeness (QED) is 0.0733. The standard InChI is InChI=1S/C39H46O8/c1-28(2)45-36(40)21-13-5-4-12-20-32-33(23-25-39(3,43)24-22-31-19-14-26-44-31)35(47-38(42)30-17-10-7-11-18-30)27-34(32)46-37(41)29-15-8-6-9-16-29/h4,6-12,14-19,23,25-26,28,32-35,43H,5,13,20-22,24,27H2,1-3H3/b12-4-,25-23+/t32-,33-,34+,35-,39?/m1/s1. The zero-order chi connectivity index (χ0) is 33.6. The molecule has 0 bridgehead atoms. The topological polar surface area (TPSA) is 112 Å². The third-order valence-corrected chi connectivity index (χ3v) is 8.23. The summed E-state index contributed by atoms with van der Waals surface area (Å²) in [7, 11) is 0. The average Bonchev–Trinajstić information content (AvgIpc) is 3.69. The molecule has 1 N–H and O–H groups in total. The second-order valence-corrected chi connectivity index (χ2v) is 12.5. The Kier molecular flexibility index (Phi) is 13.2. The molecule has 8 nitrogen and oxygen atoms in total. The normalized spacial score (nSPS) is 20.8. The van der Waals surface area contributed by atoms with Crippen LogP contribution in [0, 0.1) is 11.8 Å². The first kappa shape index (κ1) is 35.4. The van der Waals surface area contributed by atoms with Gasteiger partial charge >= 0.3 is 17.9 Å². The van der Waals surface area contributed by atoms with Crippen molar-refractivity contribution in [1.82, 2.24) is 0 Å². The Bertz CT molecular complexity index is 1460. The highest BCUT2D eigenvalue weighted by Crippen LogP contribution is 2.41. The summed E-state index contributed by atoms with van der Waals surface area (Å²) < 4.78 is 22.9. The van der Waals surface area contributed by atoms with E-state index in [4.69, 9.17) is 18.6 Å². The minimum absolute atomic E-state index is 0.143. The number of hydrogen-bond acceptors (Lipinski definition) is 8. The van der Waals surface area contributed by atoms with Gasteiger partial charge in [0.15, 0.2) is 0 Å². The van der Waals surface area contributed by atoms with Gasteiger partial charge in [0.05, 0.1) is 29.1 Å². The molecule has 1 aromatic heterocycles. The van der Waals surface area contributed by atoms with Crippen LogP contribution in [-0.4, -0.2) is 46.9 Å². The van der Waals surface area contributed by atoms with Crippen LogP contribution in [0.5, 0.6) is 0 Å². The molecule has 4 rings (SSSR count). The minimum Gasteiger partial charge on any atom is -0.469 e. The number of carbonyl (C=O) groups is 3. The van der Waals surface area contributed by atoms with E-state index < -0.39 is 29.7 Å². The molecule has 0 amide bonds. The molecule has 0 radical (unpaired) electrons. The molecule has 2 aromatic carbocycles. The number of aryl methyl sites for hydroxylation is 1. The van der Waals surface area contributed by atoms with Crippen LogP contribution in [0.25, 0.3) is 0 Å². The van der Waals surface area contributed by atoms with Gasteiger partial charge in [-0.15, -0.1) is 0 Å². The lowest BCUT2D eigenvalue weighted by molar-refractivity contribution is -0.147. The van der Waals surface area contributed by atoms with Gasteiger partial charge in [0.1, 0.15) is 18.0 Å². The Hall–Kier alpha value is -4.43. The lowest BCUT2D eigenvalue weighted by atomic mass is 9.87.